The van der Waals surface area contributed by atoms with Crippen LogP contribution in [0.25, 0.3) is 0 Å². The lowest BCUT2D eigenvalue weighted by molar-refractivity contribution is -0.130. The quantitative estimate of drug-likeness (QED) is 0.898. The highest BCUT2D eigenvalue weighted by Gasteiger charge is 2.33. The Morgan fingerprint density at radius 2 is 2.11 bits per heavy atom. The summed E-state index contributed by atoms with van der Waals surface area (Å²) in [6.45, 7) is 5.43. The molecule has 4 heteroatoms. The Morgan fingerprint density at radius 1 is 1.42 bits per heavy atom. The fraction of sp³-hybridized carbons (Fsp3) is 0.533. The second kappa shape index (κ2) is 5.61. The van der Waals surface area contributed by atoms with Gasteiger partial charge in [-0.15, -0.1) is 0 Å². The number of nitrogens with zero attached hydrogens (tertiary/aromatic N) is 1. The maximum atomic E-state index is 12.1. The average Bonchev–Trinajstić information content (AvgIpc) is 2.73. The molecular weight excluding hydrogens is 242 g/mol. The number of aliphatic hydroxyl groups is 1. The molecule has 1 amide bonds. The van der Waals surface area contributed by atoms with Crippen LogP contribution in [0.15, 0.2) is 24.3 Å². The van der Waals surface area contributed by atoms with Gasteiger partial charge in [0.25, 0.3) is 0 Å². The van der Waals surface area contributed by atoms with Crippen molar-refractivity contribution in [1.82, 2.24) is 4.90 Å². The summed E-state index contributed by atoms with van der Waals surface area (Å²) in [6.07, 6.45) is 1.03. The van der Waals surface area contributed by atoms with E-state index in [0.29, 0.717) is 32.5 Å². The van der Waals surface area contributed by atoms with Gasteiger partial charge in [0, 0.05) is 13.1 Å². The highest BCUT2D eigenvalue weighted by molar-refractivity contribution is 5.79. The number of rotatable bonds is 4. The number of amides is 1. The zero-order chi connectivity index (χ0) is 13.9. The highest BCUT2D eigenvalue weighted by Crippen LogP contribution is 2.21. The second-order valence-corrected chi connectivity index (χ2v) is 5.32. The molecule has 2 rings (SSSR count). The minimum atomic E-state index is -0.728. The number of hydrogen-bond donors (Lipinski definition) is 1. The topological polar surface area (TPSA) is 49.8 Å². The summed E-state index contributed by atoms with van der Waals surface area (Å²) in [6, 6.07) is 7.59. The highest BCUT2D eigenvalue weighted by atomic mass is 16.5. The fourth-order valence-electron chi connectivity index (χ4n) is 2.31. The first-order valence-corrected chi connectivity index (χ1v) is 6.72. The van der Waals surface area contributed by atoms with Gasteiger partial charge in [-0.1, -0.05) is 12.1 Å². The van der Waals surface area contributed by atoms with Crippen LogP contribution in [0.1, 0.15) is 25.8 Å². The molecule has 0 spiro atoms. The van der Waals surface area contributed by atoms with Crippen molar-refractivity contribution in [1.29, 1.82) is 0 Å². The van der Waals surface area contributed by atoms with Crippen molar-refractivity contribution < 1.29 is 14.6 Å². The Balaban J connectivity index is 1.92. The van der Waals surface area contributed by atoms with E-state index in [9.17, 15) is 9.90 Å². The van der Waals surface area contributed by atoms with Gasteiger partial charge in [-0.25, -0.2) is 0 Å². The number of carbonyl (C=O) groups is 1. The van der Waals surface area contributed by atoms with Crippen LogP contribution in [-0.2, 0) is 11.2 Å². The molecule has 1 aliphatic heterocycles. The van der Waals surface area contributed by atoms with E-state index in [1.165, 1.54) is 0 Å². The van der Waals surface area contributed by atoms with Crippen molar-refractivity contribution in [3.05, 3.63) is 29.8 Å². The van der Waals surface area contributed by atoms with Gasteiger partial charge in [0.15, 0.2) is 0 Å². The van der Waals surface area contributed by atoms with E-state index >= 15 is 0 Å². The molecule has 4 nitrogen and oxygen atoms in total. The van der Waals surface area contributed by atoms with Gasteiger partial charge in [-0.3, -0.25) is 4.79 Å². The Bertz CT molecular complexity index is 439. The average molecular weight is 263 g/mol. The smallest absolute Gasteiger partial charge is 0.227 e. The third kappa shape index (κ3) is 3.70. The van der Waals surface area contributed by atoms with E-state index in [1.54, 1.807) is 11.8 Å². The standard InChI is InChI=1S/C15H21NO3/c1-3-19-13-6-4-12(5-7-13)10-14(17)16-9-8-15(2,18)11-16/h4-7,18H,3,8-11H2,1-2H3. The summed E-state index contributed by atoms with van der Waals surface area (Å²) in [5.41, 5.74) is 0.245. The summed E-state index contributed by atoms with van der Waals surface area (Å²) in [7, 11) is 0. The molecule has 1 aromatic rings. The molecule has 104 valence electrons. The number of ether oxygens (including phenoxy) is 1. The predicted octanol–water partition coefficient (Wildman–Crippen LogP) is 1.61. The molecule has 1 N–H and O–H groups in total. The normalized spacial score (nSPS) is 22.6. The van der Waals surface area contributed by atoms with Crippen LogP contribution in [0.3, 0.4) is 0 Å². The lowest BCUT2D eigenvalue weighted by Crippen LogP contribution is -2.34. The molecule has 1 unspecified atom stereocenters. The molecule has 0 saturated carbocycles. The van der Waals surface area contributed by atoms with Crippen molar-refractivity contribution in [2.75, 3.05) is 19.7 Å². The zero-order valence-electron chi connectivity index (χ0n) is 11.6. The number of carbonyl (C=O) groups excluding carboxylic acids is 1. The first-order chi connectivity index (χ1) is 9.00. The molecule has 1 heterocycles. The number of benzene rings is 1. The Labute approximate surface area is 114 Å². The minimum absolute atomic E-state index is 0.0712. The molecule has 0 aliphatic carbocycles. The van der Waals surface area contributed by atoms with Crippen molar-refractivity contribution in [2.45, 2.75) is 32.3 Å². The molecule has 0 radical (unpaired) electrons. The van der Waals surface area contributed by atoms with Gasteiger partial charge in [0.1, 0.15) is 5.75 Å². The summed E-state index contributed by atoms with van der Waals surface area (Å²) < 4.78 is 5.36. The van der Waals surface area contributed by atoms with Gasteiger partial charge in [0.2, 0.25) is 5.91 Å². The van der Waals surface area contributed by atoms with Gasteiger partial charge in [-0.05, 0) is 38.0 Å². The third-order valence-corrected chi connectivity index (χ3v) is 3.39. The first-order valence-electron chi connectivity index (χ1n) is 6.72. The summed E-state index contributed by atoms with van der Waals surface area (Å²) in [5.74, 6) is 0.893. The molecule has 19 heavy (non-hydrogen) atoms. The molecule has 1 fully saturated rings. The van der Waals surface area contributed by atoms with Gasteiger partial charge < -0.3 is 14.7 Å². The number of hydrogen-bond acceptors (Lipinski definition) is 3. The van der Waals surface area contributed by atoms with Crippen molar-refractivity contribution in [3.63, 3.8) is 0 Å². The Kier molecular flexibility index (Phi) is 4.10. The van der Waals surface area contributed by atoms with Crippen molar-refractivity contribution in [3.8, 4) is 5.75 Å². The van der Waals surface area contributed by atoms with Crippen LogP contribution in [0.4, 0.5) is 0 Å². The molecule has 1 aromatic carbocycles. The van der Waals surface area contributed by atoms with Gasteiger partial charge >= 0.3 is 0 Å². The largest absolute Gasteiger partial charge is 0.494 e. The minimum Gasteiger partial charge on any atom is -0.494 e. The van der Waals surface area contributed by atoms with Crippen LogP contribution in [0.5, 0.6) is 5.75 Å². The van der Waals surface area contributed by atoms with Crippen LogP contribution < -0.4 is 4.74 Å². The molecular formula is C15H21NO3. The van der Waals surface area contributed by atoms with Crippen molar-refractivity contribution >= 4 is 5.91 Å². The molecule has 1 aliphatic rings. The second-order valence-electron chi connectivity index (χ2n) is 5.32. The van der Waals surface area contributed by atoms with E-state index in [1.807, 2.05) is 31.2 Å². The fourth-order valence-corrected chi connectivity index (χ4v) is 2.31. The summed E-state index contributed by atoms with van der Waals surface area (Å²) in [5, 5.41) is 9.86. The first kappa shape index (κ1) is 13.9. The van der Waals surface area contributed by atoms with Crippen LogP contribution >= 0.6 is 0 Å². The maximum absolute atomic E-state index is 12.1. The van der Waals surface area contributed by atoms with Gasteiger partial charge in [0.05, 0.1) is 18.6 Å². The molecule has 1 saturated heterocycles. The lowest BCUT2D eigenvalue weighted by atomic mass is 10.1. The van der Waals surface area contributed by atoms with Crippen molar-refractivity contribution in [2.24, 2.45) is 0 Å². The van der Waals surface area contributed by atoms with E-state index in [0.717, 1.165) is 11.3 Å². The molecule has 0 aromatic heterocycles. The Morgan fingerprint density at radius 3 is 2.63 bits per heavy atom. The predicted molar refractivity (Wildman–Crippen MR) is 73.1 cm³/mol. The number of likely N-dealkylation sites (tertiary alicyclic amines) is 1. The Hall–Kier alpha value is -1.55. The lowest BCUT2D eigenvalue weighted by Gasteiger charge is -2.19. The van der Waals surface area contributed by atoms with Crippen LogP contribution in [-0.4, -0.2) is 41.2 Å². The summed E-state index contributed by atoms with van der Waals surface area (Å²) >= 11 is 0. The maximum Gasteiger partial charge on any atom is 0.227 e. The van der Waals surface area contributed by atoms with E-state index in [2.05, 4.69) is 0 Å². The molecule has 1 atom stereocenters. The third-order valence-electron chi connectivity index (χ3n) is 3.39. The van der Waals surface area contributed by atoms with E-state index in [-0.39, 0.29) is 5.91 Å². The molecule has 0 bridgehead atoms. The van der Waals surface area contributed by atoms with E-state index < -0.39 is 5.60 Å². The number of β-amino-alcohol motifs (C(OH)–C–C–N with tert-alkyl or cyclic N) is 1. The zero-order valence-corrected chi connectivity index (χ0v) is 11.6. The SMILES string of the molecule is CCOc1ccc(CC(=O)N2CCC(C)(O)C2)cc1. The summed E-state index contributed by atoms with van der Waals surface area (Å²) in [4.78, 5) is 13.8. The monoisotopic (exact) mass is 263 g/mol. The van der Waals surface area contributed by atoms with Gasteiger partial charge in [-0.2, -0.15) is 0 Å². The van der Waals surface area contributed by atoms with Crippen LogP contribution in [0, 0.1) is 0 Å². The van der Waals surface area contributed by atoms with Crippen LogP contribution in [0.2, 0.25) is 0 Å². The van der Waals surface area contributed by atoms with E-state index in [4.69, 9.17) is 4.74 Å².